The molecular weight excluding hydrogens is 510 g/mol. The molecule has 1 heterocycles. The fourth-order valence-electron chi connectivity index (χ4n) is 3.22. The zero-order valence-corrected chi connectivity index (χ0v) is 21.0. The van der Waals surface area contributed by atoms with Crippen molar-refractivity contribution in [2.45, 2.75) is 4.90 Å². The van der Waals surface area contributed by atoms with Crippen LogP contribution in [0.1, 0.15) is 10.4 Å². The van der Waals surface area contributed by atoms with Gasteiger partial charge in [-0.05, 0) is 48.5 Å². The van der Waals surface area contributed by atoms with Crippen molar-refractivity contribution in [3.8, 4) is 22.8 Å². The van der Waals surface area contributed by atoms with E-state index in [4.69, 9.17) is 21.1 Å². The molecular formula is C24H20ClN3O5S2. The first-order chi connectivity index (χ1) is 16.8. The molecule has 0 atom stereocenters. The van der Waals surface area contributed by atoms with Crippen molar-refractivity contribution in [1.82, 2.24) is 4.98 Å². The van der Waals surface area contributed by atoms with Gasteiger partial charge in [-0.1, -0.05) is 23.7 Å². The van der Waals surface area contributed by atoms with Crippen molar-refractivity contribution in [2.24, 2.45) is 0 Å². The number of hydrogen-bond donors (Lipinski definition) is 2. The number of hydrogen-bond acceptors (Lipinski definition) is 7. The summed E-state index contributed by atoms with van der Waals surface area (Å²) in [5.41, 5.74) is 1.63. The van der Waals surface area contributed by atoms with Crippen LogP contribution in [0.15, 0.2) is 77.0 Å². The number of methoxy groups -OCH3 is 2. The van der Waals surface area contributed by atoms with Gasteiger partial charge in [-0.15, -0.1) is 11.3 Å². The fraction of sp³-hybridized carbons (Fsp3) is 0.0833. The SMILES string of the molecule is COc1ccc(-c2csc(NC(=O)c3ccccc3NS(=O)(=O)c3ccc(Cl)cc3)n2)c(OC)c1. The second-order valence-electron chi connectivity index (χ2n) is 7.16. The van der Waals surface area contributed by atoms with Crippen LogP contribution in [-0.2, 0) is 10.0 Å². The van der Waals surface area contributed by atoms with E-state index in [1.54, 1.807) is 43.9 Å². The van der Waals surface area contributed by atoms with Crippen molar-refractivity contribution >= 4 is 49.7 Å². The summed E-state index contributed by atoms with van der Waals surface area (Å²) >= 11 is 7.08. The summed E-state index contributed by atoms with van der Waals surface area (Å²) < 4.78 is 38.7. The molecule has 0 radical (unpaired) electrons. The van der Waals surface area contributed by atoms with Gasteiger partial charge in [-0.25, -0.2) is 13.4 Å². The van der Waals surface area contributed by atoms with Crippen molar-refractivity contribution in [3.05, 3.63) is 82.7 Å². The van der Waals surface area contributed by atoms with Crippen LogP contribution in [0.3, 0.4) is 0 Å². The average Bonchev–Trinajstić information content (AvgIpc) is 3.32. The number of amides is 1. The van der Waals surface area contributed by atoms with E-state index in [1.165, 1.54) is 47.7 Å². The van der Waals surface area contributed by atoms with Gasteiger partial charge in [0.25, 0.3) is 15.9 Å². The Morgan fingerprint density at radius 2 is 1.74 bits per heavy atom. The standard InChI is InChI=1S/C24H20ClN3O5S2/c1-32-16-9-12-18(22(13-16)33-2)21-14-34-24(26-21)27-23(29)19-5-3-4-6-20(19)28-35(30,31)17-10-7-15(25)8-11-17/h3-14,28H,1-2H3,(H,26,27,29). The van der Waals surface area contributed by atoms with Crippen molar-refractivity contribution in [1.29, 1.82) is 0 Å². The highest BCUT2D eigenvalue weighted by Gasteiger charge is 2.20. The number of para-hydroxylation sites is 1. The Kier molecular flexibility index (Phi) is 7.25. The first-order valence-corrected chi connectivity index (χ1v) is 12.9. The number of aromatic nitrogens is 1. The maximum absolute atomic E-state index is 13.0. The molecule has 0 aliphatic rings. The molecule has 0 aliphatic heterocycles. The smallest absolute Gasteiger partial charge is 0.261 e. The summed E-state index contributed by atoms with van der Waals surface area (Å²) in [6, 6.07) is 17.4. The highest BCUT2D eigenvalue weighted by molar-refractivity contribution is 7.92. The van der Waals surface area contributed by atoms with Gasteiger partial charge >= 0.3 is 0 Å². The van der Waals surface area contributed by atoms with Crippen LogP contribution in [0.2, 0.25) is 5.02 Å². The first kappa shape index (κ1) is 24.5. The monoisotopic (exact) mass is 529 g/mol. The molecule has 0 saturated heterocycles. The van der Waals surface area contributed by atoms with Gasteiger partial charge in [0.15, 0.2) is 5.13 Å². The minimum atomic E-state index is -3.93. The maximum Gasteiger partial charge on any atom is 0.261 e. The molecule has 4 rings (SSSR count). The Labute approximate surface area is 211 Å². The predicted octanol–water partition coefficient (Wildman–Crippen LogP) is 5.53. The van der Waals surface area contributed by atoms with Crippen LogP contribution in [0, 0.1) is 0 Å². The molecule has 0 fully saturated rings. The molecule has 0 spiro atoms. The predicted molar refractivity (Wildman–Crippen MR) is 137 cm³/mol. The number of anilines is 2. The summed E-state index contributed by atoms with van der Waals surface area (Å²) in [5.74, 6) is 0.712. The number of rotatable bonds is 8. The fourth-order valence-corrected chi connectivity index (χ4v) is 5.13. The molecule has 4 aromatic rings. The highest BCUT2D eigenvalue weighted by Crippen LogP contribution is 2.35. The molecule has 2 N–H and O–H groups in total. The van der Waals surface area contributed by atoms with Crippen LogP contribution in [-0.4, -0.2) is 33.5 Å². The lowest BCUT2D eigenvalue weighted by Crippen LogP contribution is -2.18. The lowest BCUT2D eigenvalue weighted by Gasteiger charge is -2.12. The lowest BCUT2D eigenvalue weighted by molar-refractivity contribution is 0.102. The molecule has 11 heteroatoms. The summed E-state index contributed by atoms with van der Waals surface area (Å²) in [4.78, 5) is 17.5. The summed E-state index contributed by atoms with van der Waals surface area (Å²) in [6.45, 7) is 0. The zero-order chi connectivity index (χ0) is 25.0. The Morgan fingerprint density at radius 3 is 2.46 bits per heavy atom. The first-order valence-electron chi connectivity index (χ1n) is 10.2. The average molecular weight is 530 g/mol. The maximum atomic E-state index is 13.0. The van der Waals surface area contributed by atoms with Gasteiger partial charge in [0.1, 0.15) is 11.5 Å². The van der Waals surface area contributed by atoms with Crippen LogP contribution < -0.4 is 19.5 Å². The Morgan fingerprint density at radius 1 is 1.00 bits per heavy atom. The number of carbonyl (C=O) groups is 1. The number of benzene rings is 3. The van der Waals surface area contributed by atoms with Gasteiger partial charge in [-0.3, -0.25) is 14.8 Å². The lowest BCUT2D eigenvalue weighted by atomic mass is 10.1. The normalized spacial score (nSPS) is 11.1. The third-order valence-electron chi connectivity index (χ3n) is 4.95. The van der Waals surface area contributed by atoms with Crippen LogP contribution >= 0.6 is 22.9 Å². The molecule has 0 saturated carbocycles. The van der Waals surface area contributed by atoms with Gasteiger partial charge in [-0.2, -0.15) is 0 Å². The van der Waals surface area contributed by atoms with E-state index >= 15 is 0 Å². The Hall–Kier alpha value is -3.60. The largest absolute Gasteiger partial charge is 0.497 e. The second kappa shape index (κ2) is 10.3. The third-order valence-corrected chi connectivity index (χ3v) is 7.34. The number of thiazole rings is 1. The van der Waals surface area contributed by atoms with Gasteiger partial charge in [0.2, 0.25) is 0 Å². The molecule has 3 aromatic carbocycles. The second-order valence-corrected chi connectivity index (χ2v) is 10.1. The topological polar surface area (TPSA) is 107 Å². The Balaban J connectivity index is 1.55. The minimum Gasteiger partial charge on any atom is -0.497 e. The molecule has 180 valence electrons. The molecule has 0 aliphatic carbocycles. The zero-order valence-electron chi connectivity index (χ0n) is 18.6. The van der Waals surface area contributed by atoms with Crippen LogP contribution in [0.5, 0.6) is 11.5 Å². The van der Waals surface area contributed by atoms with E-state index < -0.39 is 15.9 Å². The number of ether oxygens (including phenoxy) is 2. The quantitative estimate of drug-likeness (QED) is 0.310. The van der Waals surface area contributed by atoms with Crippen molar-refractivity contribution in [2.75, 3.05) is 24.3 Å². The summed E-state index contributed by atoms with van der Waals surface area (Å²) in [6.07, 6.45) is 0. The van der Waals surface area contributed by atoms with Crippen molar-refractivity contribution in [3.63, 3.8) is 0 Å². The molecule has 0 unspecified atom stereocenters. The van der Waals surface area contributed by atoms with Gasteiger partial charge in [0.05, 0.1) is 36.1 Å². The minimum absolute atomic E-state index is 0.0233. The van der Waals surface area contributed by atoms with Gasteiger partial charge < -0.3 is 9.47 Å². The van der Waals surface area contributed by atoms with Crippen LogP contribution in [0.25, 0.3) is 11.3 Å². The van der Waals surface area contributed by atoms with Crippen LogP contribution in [0.4, 0.5) is 10.8 Å². The van der Waals surface area contributed by atoms with E-state index in [0.717, 1.165) is 5.56 Å². The number of halogens is 1. The van der Waals surface area contributed by atoms with Crippen molar-refractivity contribution < 1.29 is 22.7 Å². The third kappa shape index (κ3) is 5.56. The molecule has 0 bridgehead atoms. The molecule has 1 amide bonds. The highest BCUT2D eigenvalue weighted by atomic mass is 35.5. The van der Waals surface area contributed by atoms with E-state index in [1.807, 2.05) is 6.07 Å². The number of carbonyl (C=O) groups excluding carboxylic acids is 1. The number of nitrogens with one attached hydrogen (secondary N) is 2. The van der Waals surface area contributed by atoms with Gasteiger partial charge in [0, 0.05) is 22.0 Å². The van der Waals surface area contributed by atoms with E-state index in [2.05, 4.69) is 15.0 Å². The molecule has 8 nitrogen and oxygen atoms in total. The summed E-state index contributed by atoms with van der Waals surface area (Å²) in [7, 11) is -0.811. The Bertz CT molecular complexity index is 1470. The van der Waals surface area contributed by atoms with E-state index in [-0.39, 0.29) is 16.1 Å². The van der Waals surface area contributed by atoms with E-state index in [9.17, 15) is 13.2 Å². The molecule has 35 heavy (non-hydrogen) atoms. The van der Waals surface area contributed by atoms with E-state index in [0.29, 0.717) is 27.3 Å². The summed E-state index contributed by atoms with van der Waals surface area (Å²) in [5, 5.41) is 5.28. The number of nitrogens with zero attached hydrogens (tertiary/aromatic N) is 1. The molecule has 1 aromatic heterocycles. The number of sulfonamides is 1.